The molecule has 1 fully saturated rings. The lowest BCUT2D eigenvalue weighted by atomic mass is 10.1. The van der Waals surface area contributed by atoms with E-state index in [1.165, 1.54) is 13.4 Å². The SMILES string of the molecule is COC(=O)c1ncn(C2OC(COC(=O)c3ccccc3)C(OC(=O)c3ccccc3)C2OC(=O)c2ccccc2)n1. The number of hydrogen-bond acceptors (Lipinski definition) is 11. The number of ether oxygens (including phenoxy) is 5. The zero-order valence-electron chi connectivity index (χ0n) is 22.3. The van der Waals surface area contributed by atoms with Crippen LogP contribution < -0.4 is 0 Å². The highest BCUT2D eigenvalue weighted by molar-refractivity contribution is 5.91. The summed E-state index contributed by atoms with van der Waals surface area (Å²) in [5, 5.41) is 4.11. The van der Waals surface area contributed by atoms with Gasteiger partial charge in [0, 0.05) is 0 Å². The van der Waals surface area contributed by atoms with Gasteiger partial charge in [0.2, 0.25) is 0 Å². The summed E-state index contributed by atoms with van der Waals surface area (Å²) >= 11 is 0. The Bertz CT molecular complexity index is 1540. The molecule has 0 amide bonds. The molecule has 12 nitrogen and oxygen atoms in total. The smallest absolute Gasteiger partial charge is 0.377 e. The quantitative estimate of drug-likeness (QED) is 0.216. The second-order valence-electron chi connectivity index (χ2n) is 9.04. The molecule has 5 rings (SSSR count). The number of aromatic nitrogens is 3. The highest BCUT2D eigenvalue weighted by Gasteiger charge is 2.52. The van der Waals surface area contributed by atoms with Gasteiger partial charge in [-0.15, -0.1) is 5.10 Å². The Kier molecular flexibility index (Phi) is 8.64. The van der Waals surface area contributed by atoms with Crippen molar-refractivity contribution >= 4 is 23.9 Å². The van der Waals surface area contributed by atoms with Gasteiger partial charge in [-0.1, -0.05) is 54.6 Å². The first-order valence-electron chi connectivity index (χ1n) is 12.8. The fourth-order valence-corrected chi connectivity index (χ4v) is 4.25. The van der Waals surface area contributed by atoms with Crippen molar-refractivity contribution in [2.75, 3.05) is 13.7 Å². The van der Waals surface area contributed by atoms with E-state index in [4.69, 9.17) is 18.9 Å². The van der Waals surface area contributed by atoms with Gasteiger partial charge in [-0.25, -0.2) is 28.8 Å². The summed E-state index contributed by atoms with van der Waals surface area (Å²) < 4.78 is 29.1. The molecule has 1 saturated heterocycles. The van der Waals surface area contributed by atoms with E-state index in [1.807, 2.05) is 0 Å². The Labute approximate surface area is 239 Å². The van der Waals surface area contributed by atoms with E-state index in [0.29, 0.717) is 5.56 Å². The fraction of sp³-hybridized carbons (Fsp3) is 0.200. The molecule has 3 aromatic carbocycles. The van der Waals surface area contributed by atoms with E-state index < -0.39 is 48.4 Å². The minimum atomic E-state index is -1.29. The van der Waals surface area contributed by atoms with E-state index in [9.17, 15) is 19.2 Å². The van der Waals surface area contributed by atoms with Crippen LogP contribution >= 0.6 is 0 Å². The maximum Gasteiger partial charge on any atom is 0.377 e. The number of benzene rings is 3. The molecule has 2 heterocycles. The highest BCUT2D eigenvalue weighted by Crippen LogP contribution is 2.35. The van der Waals surface area contributed by atoms with Gasteiger partial charge >= 0.3 is 23.9 Å². The van der Waals surface area contributed by atoms with Crippen LogP contribution in [0.25, 0.3) is 0 Å². The molecule has 0 radical (unpaired) electrons. The number of nitrogens with zero attached hydrogens (tertiary/aromatic N) is 3. The van der Waals surface area contributed by atoms with Crippen LogP contribution in [0, 0.1) is 0 Å². The van der Waals surface area contributed by atoms with Crippen molar-refractivity contribution in [3.8, 4) is 0 Å². The molecule has 0 saturated carbocycles. The normalized spacial score (nSPS) is 19.5. The van der Waals surface area contributed by atoms with Crippen LogP contribution in [0.4, 0.5) is 0 Å². The monoisotopic (exact) mass is 571 g/mol. The topological polar surface area (TPSA) is 145 Å². The Hall–Kier alpha value is -5.36. The van der Waals surface area contributed by atoms with Crippen molar-refractivity contribution in [3.63, 3.8) is 0 Å². The molecular weight excluding hydrogens is 546 g/mol. The predicted octanol–water partition coefficient (Wildman–Crippen LogP) is 3.27. The maximum atomic E-state index is 13.2. The van der Waals surface area contributed by atoms with Gasteiger partial charge in [-0.2, -0.15) is 0 Å². The molecule has 1 aromatic heterocycles. The summed E-state index contributed by atoms with van der Waals surface area (Å²) in [7, 11) is 1.18. The molecule has 0 N–H and O–H groups in total. The van der Waals surface area contributed by atoms with Gasteiger partial charge in [-0.3, -0.25) is 0 Å². The van der Waals surface area contributed by atoms with Crippen LogP contribution in [-0.4, -0.2) is 70.7 Å². The highest BCUT2D eigenvalue weighted by atomic mass is 16.7. The zero-order chi connectivity index (χ0) is 29.5. The average Bonchev–Trinajstić information content (AvgIpc) is 3.66. The third-order valence-corrected chi connectivity index (χ3v) is 6.32. The van der Waals surface area contributed by atoms with Gasteiger partial charge in [0.1, 0.15) is 19.0 Å². The van der Waals surface area contributed by atoms with E-state index in [2.05, 4.69) is 14.8 Å². The molecule has 4 atom stereocenters. The molecule has 0 bridgehead atoms. The number of rotatable bonds is 9. The predicted molar refractivity (Wildman–Crippen MR) is 143 cm³/mol. The van der Waals surface area contributed by atoms with Crippen LogP contribution in [0.3, 0.4) is 0 Å². The first-order valence-corrected chi connectivity index (χ1v) is 12.8. The number of hydrogen-bond donors (Lipinski definition) is 0. The van der Waals surface area contributed by atoms with E-state index >= 15 is 0 Å². The molecule has 4 unspecified atom stereocenters. The first-order chi connectivity index (χ1) is 20.4. The summed E-state index contributed by atoms with van der Waals surface area (Å²) in [5.41, 5.74) is 0.774. The van der Waals surface area contributed by atoms with Crippen molar-refractivity contribution in [2.45, 2.75) is 24.5 Å². The minimum absolute atomic E-state index is 0.234. The van der Waals surface area contributed by atoms with Crippen molar-refractivity contribution < 1.29 is 42.9 Å². The molecule has 1 aliphatic rings. The van der Waals surface area contributed by atoms with Crippen molar-refractivity contribution in [2.24, 2.45) is 0 Å². The van der Waals surface area contributed by atoms with Crippen molar-refractivity contribution in [3.05, 3.63) is 120 Å². The Morgan fingerprint density at radius 1 is 0.714 bits per heavy atom. The first kappa shape index (κ1) is 28.2. The van der Waals surface area contributed by atoms with Crippen LogP contribution in [0.1, 0.15) is 47.9 Å². The third kappa shape index (κ3) is 6.34. The number of carbonyl (C=O) groups excluding carboxylic acids is 4. The summed E-state index contributed by atoms with van der Waals surface area (Å²) in [6.45, 7) is -0.366. The summed E-state index contributed by atoms with van der Waals surface area (Å²) in [6, 6.07) is 24.7. The van der Waals surface area contributed by atoms with E-state index in [1.54, 1.807) is 91.0 Å². The Balaban J connectivity index is 1.47. The van der Waals surface area contributed by atoms with Crippen LogP contribution in [0.15, 0.2) is 97.3 Å². The molecular formula is C30H25N3O9. The zero-order valence-corrected chi connectivity index (χ0v) is 22.3. The molecule has 12 heteroatoms. The lowest BCUT2D eigenvalue weighted by Gasteiger charge is -2.24. The number of esters is 4. The molecule has 0 spiro atoms. The van der Waals surface area contributed by atoms with Crippen molar-refractivity contribution in [1.82, 2.24) is 14.8 Å². The molecule has 42 heavy (non-hydrogen) atoms. The van der Waals surface area contributed by atoms with E-state index in [-0.39, 0.29) is 23.6 Å². The second-order valence-corrected chi connectivity index (χ2v) is 9.04. The van der Waals surface area contributed by atoms with Gasteiger partial charge in [0.15, 0.2) is 18.4 Å². The summed E-state index contributed by atoms with van der Waals surface area (Å²) in [4.78, 5) is 55.0. The largest absolute Gasteiger partial charge is 0.463 e. The summed E-state index contributed by atoms with van der Waals surface area (Å²) in [5.74, 6) is -3.16. The number of carbonyl (C=O) groups is 4. The maximum absolute atomic E-state index is 13.2. The van der Waals surface area contributed by atoms with Gasteiger partial charge in [0.05, 0.1) is 23.8 Å². The summed E-state index contributed by atoms with van der Waals surface area (Å²) in [6.07, 6.45) is -3.69. The molecule has 4 aromatic rings. The van der Waals surface area contributed by atoms with Gasteiger partial charge in [-0.05, 0) is 36.4 Å². The molecule has 0 aliphatic carbocycles. The van der Waals surface area contributed by atoms with E-state index in [0.717, 1.165) is 4.68 Å². The van der Waals surface area contributed by atoms with Crippen LogP contribution in [0.2, 0.25) is 0 Å². The molecule has 214 valence electrons. The van der Waals surface area contributed by atoms with Gasteiger partial charge < -0.3 is 23.7 Å². The standard InChI is InChI=1S/C30H25N3O9/c1-38-30(37)25-31-18-33(32-25)26-24(42-29(36)21-15-9-4-10-16-21)23(41-28(35)20-13-7-3-8-14-20)22(40-26)17-39-27(34)19-11-5-2-6-12-19/h2-16,18,22-24,26H,17H2,1H3. The lowest BCUT2D eigenvalue weighted by Crippen LogP contribution is -2.41. The lowest BCUT2D eigenvalue weighted by molar-refractivity contribution is -0.0674. The van der Waals surface area contributed by atoms with Gasteiger partial charge in [0.25, 0.3) is 5.82 Å². The second kappa shape index (κ2) is 12.9. The average molecular weight is 572 g/mol. The Morgan fingerprint density at radius 3 is 1.74 bits per heavy atom. The van der Waals surface area contributed by atoms with Crippen LogP contribution in [0.5, 0.6) is 0 Å². The van der Waals surface area contributed by atoms with Crippen LogP contribution in [-0.2, 0) is 23.7 Å². The van der Waals surface area contributed by atoms with Crippen molar-refractivity contribution in [1.29, 1.82) is 0 Å². The Morgan fingerprint density at radius 2 is 1.21 bits per heavy atom. The number of methoxy groups -OCH3 is 1. The fourth-order valence-electron chi connectivity index (χ4n) is 4.25. The minimum Gasteiger partial charge on any atom is -0.463 e. The third-order valence-electron chi connectivity index (χ3n) is 6.32. The molecule has 1 aliphatic heterocycles.